The fourth-order valence-electron chi connectivity index (χ4n) is 4.81. The van der Waals surface area contributed by atoms with E-state index >= 15 is 0 Å². The second kappa shape index (κ2) is 8.93. The summed E-state index contributed by atoms with van der Waals surface area (Å²) >= 11 is 1.55. The van der Waals surface area contributed by atoms with Crippen molar-refractivity contribution in [1.82, 2.24) is 34.8 Å². The summed E-state index contributed by atoms with van der Waals surface area (Å²) in [6.07, 6.45) is 8.10. The number of allylic oxidation sites excluding steroid dienone is 1. The van der Waals surface area contributed by atoms with Gasteiger partial charge in [-0.2, -0.15) is 9.61 Å². The van der Waals surface area contributed by atoms with Gasteiger partial charge in [0.25, 0.3) is 5.91 Å². The summed E-state index contributed by atoms with van der Waals surface area (Å²) in [4.78, 5) is 42.1. The van der Waals surface area contributed by atoms with E-state index in [1.165, 1.54) is 0 Å². The lowest BCUT2D eigenvalue weighted by Gasteiger charge is -2.36. The molecule has 0 radical (unpaired) electrons. The summed E-state index contributed by atoms with van der Waals surface area (Å²) < 4.78 is 1.69. The number of aromatic nitrogens is 5. The van der Waals surface area contributed by atoms with Gasteiger partial charge in [0, 0.05) is 36.5 Å². The number of carbonyl (C=O) groups is 1. The van der Waals surface area contributed by atoms with E-state index in [1.54, 1.807) is 28.6 Å². The van der Waals surface area contributed by atoms with Gasteiger partial charge in [0.2, 0.25) is 5.88 Å². The first-order valence-electron chi connectivity index (χ1n) is 12.2. The molecule has 0 bridgehead atoms. The Morgan fingerprint density at radius 1 is 1.25 bits per heavy atom. The molecular formula is C24H28N8O3S. The highest BCUT2D eigenvalue weighted by Crippen LogP contribution is 2.43. The molecule has 3 aliphatic rings. The van der Waals surface area contributed by atoms with E-state index in [0.29, 0.717) is 35.9 Å². The quantitative estimate of drug-likeness (QED) is 0.398. The normalized spacial score (nSPS) is 25.7. The van der Waals surface area contributed by atoms with Gasteiger partial charge in [-0.15, -0.1) is 11.8 Å². The van der Waals surface area contributed by atoms with E-state index in [0.717, 1.165) is 23.4 Å². The van der Waals surface area contributed by atoms with Gasteiger partial charge in [0.1, 0.15) is 5.69 Å². The van der Waals surface area contributed by atoms with Gasteiger partial charge in [-0.05, 0) is 39.2 Å². The molecule has 11 nitrogen and oxygen atoms in total. The number of aromatic hydroxyl groups is 1. The number of amides is 1. The fraction of sp³-hybridized carbons (Fsp3) is 0.458. The number of thioether (sulfide) groups is 1. The van der Waals surface area contributed by atoms with Crippen LogP contribution >= 0.6 is 11.8 Å². The van der Waals surface area contributed by atoms with E-state index < -0.39 is 5.69 Å². The van der Waals surface area contributed by atoms with Crippen LogP contribution in [0.3, 0.4) is 0 Å². The van der Waals surface area contributed by atoms with E-state index in [2.05, 4.69) is 34.2 Å². The molecule has 12 heteroatoms. The Hall–Kier alpha value is -3.38. The summed E-state index contributed by atoms with van der Waals surface area (Å²) in [6, 6.07) is 2.78. The van der Waals surface area contributed by atoms with Crippen molar-refractivity contribution in [3.63, 3.8) is 0 Å². The van der Waals surface area contributed by atoms with Crippen LogP contribution in [0.25, 0.3) is 11.7 Å². The molecule has 1 saturated heterocycles. The first-order valence-corrected chi connectivity index (χ1v) is 13.1. The van der Waals surface area contributed by atoms with Crippen LogP contribution in [0.5, 0.6) is 5.88 Å². The minimum atomic E-state index is -0.493. The molecular weight excluding hydrogens is 480 g/mol. The lowest BCUT2D eigenvalue weighted by Crippen LogP contribution is -2.55. The smallest absolute Gasteiger partial charge is 0.326 e. The Labute approximate surface area is 210 Å². The third-order valence-electron chi connectivity index (χ3n) is 6.57. The number of aromatic amines is 2. The van der Waals surface area contributed by atoms with Crippen LogP contribution < -0.4 is 21.7 Å². The molecule has 3 aromatic heterocycles. The van der Waals surface area contributed by atoms with Crippen molar-refractivity contribution in [3.05, 3.63) is 55.8 Å². The van der Waals surface area contributed by atoms with Gasteiger partial charge >= 0.3 is 5.69 Å². The van der Waals surface area contributed by atoms with Crippen LogP contribution in [0.1, 0.15) is 49.7 Å². The van der Waals surface area contributed by atoms with Crippen LogP contribution in [-0.2, 0) is 4.79 Å². The first-order chi connectivity index (χ1) is 17.3. The minimum Gasteiger partial charge on any atom is -0.493 e. The SMILES string of the molecule is CC1CN(C(=O)C2=CCC(c3cc(=NC4CC4)n4ncc(=Cc5[nH]c(=O)[nH]c5O)c4n3)S2)CC(C)N1. The standard InChI is InChI=1S/C24H28N8O3S/c1-12-10-31(11-13(2)26-12)23(34)19-6-5-18(36-19)16-8-20(27-15-3-4-15)32-21(28-16)14(9-25-32)7-17-22(33)30-24(35)29-17/h6-9,12-13,15,18,26,33H,3-5,10-11H2,1-2H3,(H2,29,30,35). The zero-order chi connectivity index (χ0) is 25.0. The fourth-order valence-corrected chi connectivity index (χ4v) is 5.97. The van der Waals surface area contributed by atoms with Gasteiger partial charge < -0.3 is 20.3 Å². The predicted molar refractivity (Wildman–Crippen MR) is 135 cm³/mol. The molecule has 5 heterocycles. The zero-order valence-electron chi connectivity index (χ0n) is 20.1. The Morgan fingerprint density at radius 3 is 2.72 bits per heavy atom. The monoisotopic (exact) mass is 508 g/mol. The molecule has 4 N–H and O–H groups in total. The third-order valence-corrected chi connectivity index (χ3v) is 7.88. The maximum Gasteiger partial charge on any atom is 0.326 e. The minimum absolute atomic E-state index is 0.0110. The average Bonchev–Trinajstić information content (AvgIpc) is 3.22. The van der Waals surface area contributed by atoms with Gasteiger partial charge in [0.15, 0.2) is 11.1 Å². The van der Waals surface area contributed by atoms with E-state index in [9.17, 15) is 14.7 Å². The van der Waals surface area contributed by atoms with Gasteiger partial charge in [-0.25, -0.2) is 9.78 Å². The second-order valence-electron chi connectivity index (χ2n) is 9.81. The molecule has 0 spiro atoms. The van der Waals surface area contributed by atoms with Crippen molar-refractivity contribution in [2.45, 2.75) is 56.5 Å². The number of imidazole rings is 1. The van der Waals surface area contributed by atoms with Crippen LogP contribution in [0.4, 0.5) is 0 Å². The number of nitrogens with zero attached hydrogens (tertiary/aromatic N) is 5. The van der Waals surface area contributed by atoms with Crippen molar-refractivity contribution >= 4 is 29.4 Å². The summed E-state index contributed by atoms with van der Waals surface area (Å²) in [6.45, 7) is 5.59. The summed E-state index contributed by atoms with van der Waals surface area (Å²) in [5, 5.41) is 18.6. The number of H-pyrrole nitrogens is 2. The first kappa shape index (κ1) is 23.0. The van der Waals surface area contributed by atoms with Crippen molar-refractivity contribution in [3.8, 4) is 5.88 Å². The van der Waals surface area contributed by atoms with Crippen LogP contribution in [0, 0.1) is 0 Å². The summed E-state index contributed by atoms with van der Waals surface area (Å²) in [5.74, 6) is -0.161. The lowest BCUT2D eigenvalue weighted by atomic mass is 10.1. The lowest BCUT2D eigenvalue weighted by molar-refractivity contribution is -0.128. The van der Waals surface area contributed by atoms with Crippen LogP contribution in [-0.4, -0.2) is 71.7 Å². The largest absolute Gasteiger partial charge is 0.493 e. The number of nitrogens with one attached hydrogen (secondary N) is 3. The van der Waals surface area contributed by atoms with Crippen molar-refractivity contribution in [1.29, 1.82) is 0 Å². The Morgan fingerprint density at radius 2 is 2.03 bits per heavy atom. The third kappa shape index (κ3) is 4.46. The molecule has 3 unspecified atom stereocenters. The maximum atomic E-state index is 13.2. The van der Waals surface area contributed by atoms with Gasteiger partial charge in [-0.3, -0.25) is 14.8 Å². The second-order valence-corrected chi connectivity index (χ2v) is 11.1. The molecule has 6 rings (SSSR count). The molecule has 3 aromatic rings. The molecule has 36 heavy (non-hydrogen) atoms. The number of hydrogen-bond donors (Lipinski definition) is 4. The van der Waals surface area contributed by atoms with E-state index in [1.807, 2.05) is 17.0 Å². The number of fused-ring (bicyclic) bond motifs is 1. The Bertz CT molecular complexity index is 1540. The zero-order valence-corrected chi connectivity index (χ0v) is 20.9. The molecule has 3 atom stereocenters. The van der Waals surface area contributed by atoms with Gasteiger partial charge in [0.05, 0.1) is 28.1 Å². The molecule has 1 amide bonds. The topological polar surface area (TPSA) is 144 Å². The van der Waals surface area contributed by atoms with E-state index in [4.69, 9.17) is 9.98 Å². The summed E-state index contributed by atoms with van der Waals surface area (Å²) in [5.41, 5.74) is 1.89. The number of rotatable bonds is 4. The van der Waals surface area contributed by atoms with Crippen molar-refractivity contribution < 1.29 is 9.90 Å². The number of piperazine rings is 1. The maximum absolute atomic E-state index is 13.2. The molecule has 0 aromatic carbocycles. The highest BCUT2D eigenvalue weighted by atomic mass is 32.2. The van der Waals surface area contributed by atoms with E-state index in [-0.39, 0.29) is 40.9 Å². The molecule has 2 aliphatic heterocycles. The highest BCUT2D eigenvalue weighted by Gasteiger charge is 2.32. The predicted octanol–water partition coefficient (Wildman–Crippen LogP) is 0.333. The summed E-state index contributed by atoms with van der Waals surface area (Å²) in [7, 11) is 0. The number of hydrogen-bond acceptors (Lipinski definition) is 8. The van der Waals surface area contributed by atoms with Crippen molar-refractivity contribution in [2.24, 2.45) is 4.99 Å². The van der Waals surface area contributed by atoms with Crippen LogP contribution in [0.15, 0.2) is 33.0 Å². The number of carbonyl (C=O) groups excluding carboxylic acids is 1. The molecule has 1 saturated carbocycles. The van der Waals surface area contributed by atoms with Crippen LogP contribution in [0.2, 0.25) is 0 Å². The molecule has 188 valence electrons. The Kier molecular flexibility index (Phi) is 5.72. The van der Waals surface area contributed by atoms with Crippen molar-refractivity contribution in [2.75, 3.05) is 13.1 Å². The van der Waals surface area contributed by atoms with Gasteiger partial charge in [-0.1, -0.05) is 6.08 Å². The average molecular weight is 509 g/mol. The molecule has 1 aliphatic carbocycles. The Balaban J connectivity index is 1.34. The molecule has 2 fully saturated rings. The highest BCUT2D eigenvalue weighted by molar-refractivity contribution is 8.04.